The van der Waals surface area contributed by atoms with E-state index in [4.69, 9.17) is 35.4 Å². The Balaban J connectivity index is 0.000000309. The first-order valence-corrected chi connectivity index (χ1v) is 22.1. The van der Waals surface area contributed by atoms with Crippen LogP contribution < -0.4 is 18.6 Å². The van der Waals surface area contributed by atoms with Crippen LogP contribution in [0.4, 0.5) is 26.3 Å². The summed E-state index contributed by atoms with van der Waals surface area (Å²) >= 11 is 0. The number of nitrogens with zero attached hydrogens (tertiary/aromatic N) is 2. The van der Waals surface area contributed by atoms with Gasteiger partial charge >= 0.3 is 11.0 Å². The maximum atomic E-state index is 10.7. The third kappa shape index (κ3) is 9.42. The molecule has 3 aromatic carbocycles. The van der Waals surface area contributed by atoms with Crippen molar-refractivity contribution in [3.63, 3.8) is 0 Å². The number of hydrogen-bond acceptors (Lipinski definition) is 8. The number of fused-ring (bicyclic) bond motifs is 9. The van der Waals surface area contributed by atoms with Crippen LogP contribution in [0.1, 0.15) is 55.6 Å². The van der Waals surface area contributed by atoms with Crippen molar-refractivity contribution in [2.45, 2.75) is 63.6 Å². The Labute approximate surface area is 353 Å². The molecule has 0 amide bonds. The first-order chi connectivity index (χ1) is 29.1. The number of aromatic nitrogens is 2. The maximum Gasteiger partial charge on any atom is 0.485 e. The van der Waals surface area contributed by atoms with Crippen LogP contribution in [0, 0.1) is 13.8 Å². The van der Waals surface area contributed by atoms with Crippen molar-refractivity contribution < 1.29 is 70.9 Å². The lowest BCUT2D eigenvalue weighted by Crippen LogP contribution is -2.43. The first-order valence-electron chi connectivity index (χ1n) is 19.2. The van der Waals surface area contributed by atoms with Crippen molar-refractivity contribution in [2.75, 3.05) is 13.2 Å². The van der Waals surface area contributed by atoms with Crippen molar-refractivity contribution in [3.8, 4) is 34.0 Å². The molecule has 62 heavy (non-hydrogen) atoms. The van der Waals surface area contributed by atoms with E-state index in [0.29, 0.717) is 0 Å². The lowest BCUT2D eigenvalue weighted by molar-refractivity contribution is -0.689. The van der Waals surface area contributed by atoms with Crippen LogP contribution in [0.5, 0.6) is 11.5 Å². The predicted octanol–water partition coefficient (Wildman–Crippen LogP) is 7.64. The zero-order chi connectivity index (χ0) is 44.8. The van der Waals surface area contributed by atoms with Crippen molar-refractivity contribution in [3.05, 3.63) is 129 Å². The van der Waals surface area contributed by atoms with Gasteiger partial charge < -0.3 is 18.6 Å². The van der Waals surface area contributed by atoms with Gasteiger partial charge in [-0.15, -0.1) is 0 Å². The highest BCUT2D eigenvalue weighted by Crippen LogP contribution is 2.43. The molecule has 4 aliphatic rings. The van der Waals surface area contributed by atoms with Crippen molar-refractivity contribution in [2.24, 2.45) is 0 Å². The molecule has 9 rings (SSSR count). The lowest BCUT2D eigenvalue weighted by Gasteiger charge is -2.27. The first kappa shape index (κ1) is 44.5. The molecule has 5 aromatic rings. The molecular formula is C44H38F6N2O8S2. The summed E-state index contributed by atoms with van der Waals surface area (Å²) in [6.07, 6.45) is 17.7. The summed E-state index contributed by atoms with van der Waals surface area (Å²) < 4.78 is 134. The highest BCUT2D eigenvalue weighted by atomic mass is 32.2. The number of benzene rings is 3. The molecule has 4 aliphatic heterocycles. The SMILES string of the molecule is Cc1c(C)c2c(c3c1CC[n+]1ccc(/C=C/c4ccc5c(c4)CCO5)cc1-3)-c1cc(/C=C/c3ccc4c(c3)CCO4)cc[n+]1CC2.O=S(=O)([O-])C(F)(F)F.O=S(=O)([O-])C(F)(F)F. The number of aryl methyl sites for hydroxylation is 2. The van der Waals surface area contributed by atoms with Gasteiger partial charge in [-0.25, -0.2) is 16.8 Å². The number of halogens is 6. The number of ether oxygens (including phenoxy) is 2. The van der Waals surface area contributed by atoms with Gasteiger partial charge in [0, 0.05) is 49.9 Å². The monoisotopic (exact) mass is 900 g/mol. The maximum absolute atomic E-state index is 10.7. The second-order valence-corrected chi connectivity index (χ2v) is 17.7. The minimum absolute atomic E-state index is 0.789. The molecule has 6 heterocycles. The van der Waals surface area contributed by atoms with Gasteiger partial charge in [-0.05, 0) is 93.7 Å². The van der Waals surface area contributed by atoms with Gasteiger partial charge in [0.1, 0.15) is 11.5 Å². The fourth-order valence-electron chi connectivity index (χ4n) is 7.91. The van der Waals surface area contributed by atoms with Gasteiger partial charge in [-0.2, -0.15) is 35.5 Å². The molecule has 0 spiro atoms. The largest absolute Gasteiger partial charge is 0.741 e. The predicted molar refractivity (Wildman–Crippen MR) is 215 cm³/mol. The van der Waals surface area contributed by atoms with Gasteiger partial charge in [0.2, 0.25) is 11.4 Å². The standard InChI is InChI=1S/C42H38N2O2.2CHF3O3S/c1-27-28(2)36-14-20-44-18-12-32(6-4-30-8-10-40-34(24-30)16-22-46-40)26-38(44)42(36)41-35(27)13-19-43-17-11-31(25-37(41)43)5-3-29-7-9-39-33(23-29)15-21-45-39;2*2-1(3,4)8(5,6)7/h3-12,17-18,23-26H,13-16,19-22H2,1-2H3;2*(H,5,6,7)/q+2;;/p-2/b5-3+,6-4+;;. The molecule has 0 aliphatic carbocycles. The Morgan fingerprint density at radius 3 is 1.23 bits per heavy atom. The van der Waals surface area contributed by atoms with Gasteiger partial charge in [0.25, 0.3) is 0 Å². The molecule has 0 N–H and O–H groups in total. The summed E-state index contributed by atoms with van der Waals surface area (Å²) in [6, 6.07) is 22.4. The Hall–Kier alpha value is -5.56. The van der Waals surface area contributed by atoms with E-state index in [2.05, 4.69) is 120 Å². The number of hydrogen-bond donors (Lipinski definition) is 0. The summed E-state index contributed by atoms with van der Waals surface area (Å²) in [5, 5.41) is 0. The molecule has 0 unspecified atom stereocenters. The normalized spacial score (nSPS) is 15.1. The van der Waals surface area contributed by atoms with E-state index < -0.39 is 31.3 Å². The quantitative estimate of drug-likeness (QED) is 0.0777. The van der Waals surface area contributed by atoms with E-state index in [9.17, 15) is 26.3 Å². The van der Waals surface area contributed by atoms with E-state index in [1.54, 1.807) is 0 Å². The van der Waals surface area contributed by atoms with Crippen LogP contribution in [-0.2, 0) is 59.0 Å². The summed E-state index contributed by atoms with van der Waals surface area (Å²) in [4.78, 5) is 0. The molecule has 326 valence electrons. The Morgan fingerprint density at radius 1 is 0.548 bits per heavy atom. The van der Waals surface area contributed by atoms with Crippen molar-refractivity contribution in [1.82, 2.24) is 0 Å². The average molecular weight is 901 g/mol. The molecule has 0 atom stereocenters. The summed E-state index contributed by atoms with van der Waals surface area (Å²) in [7, 11) is -12.2. The molecule has 10 nitrogen and oxygen atoms in total. The van der Waals surface area contributed by atoms with Gasteiger partial charge in [0.15, 0.2) is 45.7 Å². The van der Waals surface area contributed by atoms with Crippen molar-refractivity contribution >= 4 is 44.5 Å². The minimum Gasteiger partial charge on any atom is -0.741 e. The molecule has 0 fully saturated rings. The number of pyridine rings is 2. The molecule has 18 heteroatoms. The van der Waals surface area contributed by atoms with E-state index in [0.717, 1.165) is 63.5 Å². The fourth-order valence-corrected chi connectivity index (χ4v) is 7.91. The topological polar surface area (TPSA) is 141 Å². The van der Waals surface area contributed by atoms with Crippen LogP contribution >= 0.6 is 0 Å². The molecule has 0 saturated heterocycles. The van der Waals surface area contributed by atoms with E-state index in [-0.39, 0.29) is 0 Å². The van der Waals surface area contributed by atoms with Gasteiger partial charge in [-0.3, -0.25) is 0 Å². The highest BCUT2D eigenvalue weighted by molar-refractivity contribution is 7.86. The zero-order valence-corrected chi connectivity index (χ0v) is 34.8. The molecule has 0 radical (unpaired) electrons. The van der Waals surface area contributed by atoms with E-state index in [1.165, 1.54) is 78.1 Å². The van der Waals surface area contributed by atoms with E-state index >= 15 is 0 Å². The Morgan fingerprint density at radius 2 is 0.887 bits per heavy atom. The number of rotatable bonds is 4. The molecule has 2 aromatic heterocycles. The number of alkyl halides is 6. The van der Waals surface area contributed by atoms with Crippen LogP contribution in [0.2, 0.25) is 0 Å². The Bertz CT molecular complexity index is 2680. The fraction of sp³-hybridized carbons (Fsp3) is 0.273. The van der Waals surface area contributed by atoms with Crippen LogP contribution in [0.15, 0.2) is 73.1 Å². The van der Waals surface area contributed by atoms with Crippen LogP contribution in [0.25, 0.3) is 46.8 Å². The molecule has 0 bridgehead atoms. The molecule has 0 saturated carbocycles. The Kier molecular flexibility index (Phi) is 12.2. The van der Waals surface area contributed by atoms with Crippen LogP contribution in [0.3, 0.4) is 0 Å². The van der Waals surface area contributed by atoms with Gasteiger partial charge in [-0.1, -0.05) is 36.4 Å². The van der Waals surface area contributed by atoms with Crippen LogP contribution in [-0.4, -0.2) is 50.2 Å². The highest BCUT2D eigenvalue weighted by Gasteiger charge is 2.38. The van der Waals surface area contributed by atoms with Crippen molar-refractivity contribution in [1.29, 1.82) is 0 Å². The summed E-state index contributed by atoms with van der Waals surface area (Å²) in [5.41, 5.74) is 7.63. The third-order valence-electron chi connectivity index (χ3n) is 11.1. The lowest BCUT2D eigenvalue weighted by atomic mass is 9.79. The minimum atomic E-state index is -6.09. The van der Waals surface area contributed by atoms with Gasteiger partial charge in [0.05, 0.1) is 24.3 Å². The summed E-state index contributed by atoms with van der Waals surface area (Å²) in [5.74, 6) is 2.06. The second kappa shape index (κ2) is 17.0. The summed E-state index contributed by atoms with van der Waals surface area (Å²) in [6.45, 7) is 8.27. The van der Waals surface area contributed by atoms with E-state index in [1.807, 2.05) is 0 Å². The molecular weight excluding hydrogens is 863 g/mol. The zero-order valence-electron chi connectivity index (χ0n) is 33.1. The average Bonchev–Trinajstić information content (AvgIpc) is 3.89. The smallest absolute Gasteiger partial charge is 0.485 e. The second-order valence-electron chi connectivity index (χ2n) is 14.9. The third-order valence-corrected chi connectivity index (χ3v) is 12.2.